The van der Waals surface area contributed by atoms with Gasteiger partial charge in [-0.05, 0) is 6.92 Å². The van der Waals surface area contributed by atoms with E-state index < -0.39 is 5.63 Å². The van der Waals surface area contributed by atoms with Gasteiger partial charge in [0, 0.05) is 0 Å². The largest absolute Gasteiger partial charge is 0.230 e. The van der Waals surface area contributed by atoms with Crippen LogP contribution in [-0.4, -0.2) is 5.63 Å². The first-order valence-electron chi connectivity index (χ1n) is 1.01. The quantitative estimate of drug-likeness (QED) is 0.389. The molecule has 2 heteroatoms. The minimum absolute atomic E-state index is 1.19. The summed E-state index contributed by atoms with van der Waals surface area (Å²) >= 11 is 4.61. The Morgan fingerprint density at radius 3 is 2.00 bits per heavy atom. The van der Waals surface area contributed by atoms with E-state index >= 15 is 0 Å². The van der Waals surface area contributed by atoms with Crippen LogP contribution >= 0.6 is 11.6 Å². The Hall–Kier alpha value is 0.220. The van der Waals surface area contributed by atoms with Gasteiger partial charge >= 0.3 is 0 Å². The van der Waals surface area contributed by atoms with Crippen molar-refractivity contribution < 1.29 is 4.39 Å². The van der Waals surface area contributed by atoms with Crippen molar-refractivity contribution in [3.05, 3.63) is 0 Å². The number of hydrogen-bond donors (Lipinski definition) is 0. The van der Waals surface area contributed by atoms with Gasteiger partial charge in [0.05, 0.1) is 0 Å². The van der Waals surface area contributed by atoms with Crippen molar-refractivity contribution in [1.29, 1.82) is 0 Å². The summed E-state index contributed by atoms with van der Waals surface area (Å²) in [7, 11) is 0. The molecule has 0 fully saturated rings. The van der Waals surface area contributed by atoms with Crippen LogP contribution in [-0.2, 0) is 0 Å². The molecule has 0 spiro atoms. The van der Waals surface area contributed by atoms with Crippen LogP contribution in [0.1, 0.15) is 6.92 Å². The van der Waals surface area contributed by atoms with Crippen molar-refractivity contribution >= 4 is 11.6 Å². The van der Waals surface area contributed by atoms with Gasteiger partial charge in [-0.15, -0.1) is 0 Å². The lowest BCUT2D eigenvalue weighted by molar-refractivity contribution is 0.475. The van der Waals surface area contributed by atoms with Crippen molar-refractivity contribution in [3.63, 3.8) is 0 Å². The smallest absolute Gasteiger partial charge is 0.170 e. The summed E-state index contributed by atoms with van der Waals surface area (Å²) in [4.78, 5) is 0. The summed E-state index contributed by atoms with van der Waals surface area (Å²) in [5.41, 5.74) is -1.19. The van der Waals surface area contributed by atoms with E-state index in [0.717, 1.165) is 0 Å². The molecule has 0 heterocycles. The molecular weight excluding hydrogens is 78.5 g/mol. The molecule has 0 nitrogen and oxygen atoms in total. The molecule has 0 aliphatic heterocycles. The first kappa shape index (κ1) is 4.22. The molecule has 0 saturated carbocycles. The van der Waals surface area contributed by atoms with E-state index in [2.05, 4.69) is 11.6 Å². The van der Waals surface area contributed by atoms with Crippen molar-refractivity contribution in [3.8, 4) is 0 Å². The zero-order valence-corrected chi connectivity index (χ0v) is 3.09. The highest BCUT2D eigenvalue weighted by molar-refractivity contribution is 6.19. The van der Waals surface area contributed by atoms with E-state index in [4.69, 9.17) is 0 Å². The topological polar surface area (TPSA) is 0 Å². The maximum atomic E-state index is 10.8. The van der Waals surface area contributed by atoms with Crippen LogP contribution in [0.3, 0.4) is 0 Å². The minimum atomic E-state index is -1.19. The van der Waals surface area contributed by atoms with Gasteiger partial charge in [-0.1, -0.05) is 11.6 Å². The summed E-state index contributed by atoms with van der Waals surface area (Å²) in [5, 5.41) is 0. The Balaban J connectivity index is 2.32. The molecule has 0 saturated heterocycles. The fraction of sp³-hybridized carbons (Fsp3) is 1.00. The van der Waals surface area contributed by atoms with E-state index in [1.54, 1.807) is 0 Å². The summed E-state index contributed by atoms with van der Waals surface area (Å²) in [6, 6.07) is 0. The molecule has 0 aromatic heterocycles. The van der Waals surface area contributed by atoms with Gasteiger partial charge in [0.1, 0.15) is 0 Å². The molecule has 0 aromatic rings. The van der Waals surface area contributed by atoms with Crippen LogP contribution in [0.25, 0.3) is 0 Å². The highest BCUT2D eigenvalue weighted by atomic mass is 35.5. The molecule has 4 heavy (non-hydrogen) atoms. The van der Waals surface area contributed by atoms with Crippen molar-refractivity contribution in [2.75, 3.05) is 0 Å². The first-order valence-corrected chi connectivity index (χ1v) is 1.45. The molecule has 0 amide bonds. The standard InChI is InChI=1S/C2H4ClF/c1-2(3)4/h2H,1H3/t2-/m0/s1. The van der Waals surface area contributed by atoms with Gasteiger partial charge in [-0.25, -0.2) is 4.39 Å². The number of rotatable bonds is 0. The molecule has 1 atom stereocenters. The van der Waals surface area contributed by atoms with E-state index in [9.17, 15) is 4.39 Å². The van der Waals surface area contributed by atoms with E-state index in [0.29, 0.717) is 0 Å². The first-order chi connectivity index (χ1) is 1.73. The van der Waals surface area contributed by atoms with Crippen molar-refractivity contribution in [1.82, 2.24) is 0 Å². The molecule has 0 N–H and O–H groups in total. The molecular formula is C2H4ClF. The maximum Gasteiger partial charge on any atom is 0.170 e. The second-order valence-corrected chi connectivity index (χ2v) is 1.12. The van der Waals surface area contributed by atoms with E-state index in [1.807, 2.05) is 0 Å². The third-order valence-electron chi connectivity index (χ3n) is 0. The van der Waals surface area contributed by atoms with E-state index in [-0.39, 0.29) is 0 Å². The lowest BCUT2D eigenvalue weighted by Gasteiger charge is -1.71. The second kappa shape index (κ2) is 1.53. The molecule has 0 aliphatic rings. The predicted octanol–water partition coefficient (Wildman–Crippen LogP) is 1.54. The summed E-state index contributed by atoms with van der Waals surface area (Å²) in [6.45, 7) is 1.27. The Morgan fingerprint density at radius 2 is 2.00 bits per heavy atom. The molecule has 26 valence electrons. The predicted molar refractivity (Wildman–Crippen MR) is 16.4 cm³/mol. The Morgan fingerprint density at radius 1 is 2.00 bits per heavy atom. The number of alkyl halides is 2. The SMILES string of the molecule is C[C@H](F)Cl. The monoisotopic (exact) mass is 82.0 g/mol. The highest BCUT2D eigenvalue weighted by Crippen LogP contribution is 1.89. The lowest BCUT2D eigenvalue weighted by Crippen LogP contribution is -1.66. The zero-order chi connectivity index (χ0) is 3.58. The lowest BCUT2D eigenvalue weighted by atomic mass is 10.9. The van der Waals surface area contributed by atoms with Crippen LogP contribution in [0.2, 0.25) is 0 Å². The Bertz CT molecular complexity index is 10.8. The van der Waals surface area contributed by atoms with Crippen molar-refractivity contribution in [2.45, 2.75) is 12.6 Å². The number of halogens is 2. The van der Waals surface area contributed by atoms with Gasteiger partial charge in [0.15, 0.2) is 5.63 Å². The fourth-order valence-electron chi connectivity index (χ4n) is 0. The Kier molecular flexibility index (Phi) is 1.61. The minimum Gasteiger partial charge on any atom is -0.230 e. The normalized spacial score (nSPS) is 15.8. The molecule has 0 aromatic carbocycles. The summed E-state index contributed by atoms with van der Waals surface area (Å²) < 4.78 is 10.8. The van der Waals surface area contributed by atoms with Crippen LogP contribution < -0.4 is 0 Å². The van der Waals surface area contributed by atoms with Gasteiger partial charge in [-0.3, -0.25) is 0 Å². The maximum absolute atomic E-state index is 10.8. The van der Waals surface area contributed by atoms with Gasteiger partial charge in [-0.2, -0.15) is 0 Å². The van der Waals surface area contributed by atoms with Crippen LogP contribution in [0.5, 0.6) is 0 Å². The highest BCUT2D eigenvalue weighted by Gasteiger charge is 1.77. The molecule has 0 radical (unpaired) electrons. The zero-order valence-electron chi connectivity index (χ0n) is 2.33. The molecule has 0 rings (SSSR count). The van der Waals surface area contributed by atoms with Crippen LogP contribution in [0, 0.1) is 0 Å². The Labute approximate surface area is 29.6 Å². The molecule has 0 bridgehead atoms. The van der Waals surface area contributed by atoms with Crippen molar-refractivity contribution in [2.24, 2.45) is 0 Å². The summed E-state index contributed by atoms with van der Waals surface area (Å²) in [5.74, 6) is 0. The average Bonchev–Trinajstić information content (AvgIpc) is 0.811. The van der Waals surface area contributed by atoms with Gasteiger partial charge < -0.3 is 0 Å². The second-order valence-electron chi connectivity index (χ2n) is 0.519. The molecule has 0 aliphatic carbocycles. The van der Waals surface area contributed by atoms with Crippen LogP contribution in [0.15, 0.2) is 0 Å². The number of hydrogen-bond acceptors (Lipinski definition) is 0. The fourth-order valence-corrected chi connectivity index (χ4v) is 0. The third kappa shape index (κ3) is 68.3. The average molecular weight is 82.5 g/mol. The third-order valence-corrected chi connectivity index (χ3v) is 0. The molecule has 0 unspecified atom stereocenters. The van der Waals surface area contributed by atoms with Gasteiger partial charge in [0.2, 0.25) is 0 Å². The summed E-state index contributed by atoms with van der Waals surface area (Å²) in [6.07, 6.45) is 0. The van der Waals surface area contributed by atoms with Gasteiger partial charge in [0.25, 0.3) is 0 Å². The van der Waals surface area contributed by atoms with Crippen LogP contribution in [0.4, 0.5) is 4.39 Å². The van der Waals surface area contributed by atoms with E-state index in [1.165, 1.54) is 6.92 Å².